The fourth-order valence-corrected chi connectivity index (χ4v) is 2.70. The molecule has 0 saturated carbocycles. The maximum absolute atomic E-state index is 9.13. The van der Waals surface area contributed by atoms with Crippen molar-refractivity contribution in [3.63, 3.8) is 0 Å². The Balaban J connectivity index is 2.43. The van der Waals surface area contributed by atoms with E-state index in [0.717, 1.165) is 23.4 Å². The molecule has 6 heteroatoms. The summed E-state index contributed by atoms with van der Waals surface area (Å²) in [7, 11) is 0. The highest BCUT2D eigenvalue weighted by Gasteiger charge is 2.18. The molecule has 0 spiro atoms. The van der Waals surface area contributed by atoms with Gasteiger partial charge in [0.2, 0.25) is 0 Å². The van der Waals surface area contributed by atoms with Crippen LogP contribution in [0.2, 0.25) is 0 Å². The van der Waals surface area contributed by atoms with E-state index in [1.54, 1.807) is 6.07 Å². The second kappa shape index (κ2) is 8.48. The smallest absolute Gasteiger partial charge is 0.171 e. The number of hydrogen-bond donors (Lipinski definition) is 2. The number of ether oxygens (including phenoxy) is 1. The standard InChI is InChI=1S/C18H24N4O2/c1-3-17-18(16(5-4-8-23)21-22(17)7-6-19)24-15-10-13(2)9-14(11-15)12-20/h9-11,23H,3-8,19H2,1-2H3. The van der Waals surface area contributed by atoms with Gasteiger partial charge in [-0.3, -0.25) is 4.68 Å². The van der Waals surface area contributed by atoms with Crippen molar-refractivity contribution in [2.45, 2.75) is 39.7 Å². The first-order valence-corrected chi connectivity index (χ1v) is 8.22. The Morgan fingerprint density at radius 1 is 1.38 bits per heavy atom. The van der Waals surface area contributed by atoms with E-state index in [0.29, 0.717) is 43.0 Å². The number of hydrogen-bond acceptors (Lipinski definition) is 5. The minimum atomic E-state index is 0.105. The summed E-state index contributed by atoms with van der Waals surface area (Å²) >= 11 is 0. The number of benzene rings is 1. The quantitative estimate of drug-likeness (QED) is 0.775. The Morgan fingerprint density at radius 3 is 2.79 bits per heavy atom. The van der Waals surface area contributed by atoms with Crippen LogP contribution < -0.4 is 10.5 Å². The molecule has 0 amide bonds. The minimum absolute atomic E-state index is 0.105. The molecule has 24 heavy (non-hydrogen) atoms. The average molecular weight is 328 g/mol. The van der Waals surface area contributed by atoms with Crippen LogP contribution in [0.1, 0.15) is 35.9 Å². The predicted octanol–water partition coefficient (Wildman–Crippen LogP) is 2.30. The van der Waals surface area contributed by atoms with Gasteiger partial charge in [-0.25, -0.2) is 0 Å². The Hall–Kier alpha value is -2.36. The van der Waals surface area contributed by atoms with Crippen molar-refractivity contribution >= 4 is 0 Å². The van der Waals surface area contributed by atoms with Gasteiger partial charge in [0.05, 0.1) is 23.9 Å². The maximum atomic E-state index is 9.13. The summed E-state index contributed by atoms with van der Waals surface area (Å²) in [6.45, 7) is 5.20. The summed E-state index contributed by atoms with van der Waals surface area (Å²) in [4.78, 5) is 0. The zero-order chi connectivity index (χ0) is 17.5. The Morgan fingerprint density at radius 2 is 2.17 bits per heavy atom. The summed E-state index contributed by atoms with van der Waals surface area (Å²) in [5.41, 5.74) is 9.00. The molecule has 0 fully saturated rings. The number of nitrogens with zero attached hydrogens (tertiary/aromatic N) is 3. The number of aromatic nitrogens is 2. The molecule has 3 N–H and O–H groups in total. The fraction of sp³-hybridized carbons (Fsp3) is 0.444. The summed E-state index contributed by atoms with van der Waals surface area (Å²) in [5, 5.41) is 22.9. The number of aryl methyl sites for hydroxylation is 2. The summed E-state index contributed by atoms with van der Waals surface area (Å²) < 4.78 is 8.00. The van der Waals surface area contributed by atoms with Crippen molar-refractivity contribution in [3.8, 4) is 17.6 Å². The molecule has 0 saturated heterocycles. The lowest BCUT2D eigenvalue weighted by Crippen LogP contribution is -2.13. The van der Waals surface area contributed by atoms with Crippen LogP contribution in [0, 0.1) is 18.3 Å². The molecule has 2 rings (SSSR count). The van der Waals surface area contributed by atoms with Crippen LogP contribution >= 0.6 is 0 Å². The highest BCUT2D eigenvalue weighted by atomic mass is 16.5. The lowest BCUT2D eigenvalue weighted by atomic mass is 10.1. The van der Waals surface area contributed by atoms with E-state index in [4.69, 9.17) is 20.8 Å². The summed E-state index contributed by atoms with van der Waals surface area (Å²) in [6, 6.07) is 7.59. The lowest BCUT2D eigenvalue weighted by Gasteiger charge is -2.10. The monoisotopic (exact) mass is 328 g/mol. The first-order valence-electron chi connectivity index (χ1n) is 8.22. The van der Waals surface area contributed by atoms with Gasteiger partial charge in [-0.15, -0.1) is 0 Å². The molecule has 2 aromatic rings. The third kappa shape index (κ3) is 4.13. The third-order valence-electron chi connectivity index (χ3n) is 3.72. The van der Waals surface area contributed by atoms with Crippen molar-refractivity contribution in [2.24, 2.45) is 5.73 Å². The van der Waals surface area contributed by atoms with Gasteiger partial charge in [0.15, 0.2) is 5.75 Å². The van der Waals surface area contributed by atoms with Crippen molar-refractivity contribution < 1.29 is 9.84 Å². The molecule has 1 aromatic carbocycles. The second-order valence-electron chi connectivity index (χ2n) is 5.66. The SMILES string of the molecule is CCc1c(Oc2cc(C)cc(C#N)c2)c(CCCO)nn1CCN. The Labute approximate surface area is 142 Å². The van der Waals surface area contributed by atoms with Crippen molar-refractivity contribution in [2.75, 3.05) is 13.2 Å². The Bertz CT molecular complexity index is 731. The normalized spacial score (nSPS) is 10.6. The summed E-state index contributed by atoms with van der Waals surface area (Å²) in [5.74, 6) is 1.34. The molecule has 0 unspecified atom stereocenters. The van der Waals surface area contributed by atoms with Crippen LogP contribution in [0.4, 0.5) is 0 Å². The fourth-order valence-electron chi connectivity index (χ4n) is 2.70. The van der Waals surface area contributed by atoms with E-state index >= 15 is 0 Å². The van der Waals surface area contributed by atoms with E-state index < -0.39 is 0 Å². The van der Waals surface area contributed by atoms with Crippen LogP contribution in [0.3, 0.4) is 0 Å². The van der Waals surface area contributed by atoms with E-state index in [1.165, 1.54) is 0 Å². The van der Waals surface area contributed by atoms with Crippen molar-refractivity contribution in [1.29, 1.82) is 5.26 Å². The van der Waals surface area contributed by atoms with Crippen molar-refractivity contribution in [1.82, 2.24) is 9.78 Å². The van der Waals surface area contributed by atoms with Crippen LogP contribution in [0.25, 0.3) is 0 Å². The second-order valence-corrected chi connectivity index (χ2v) is 5.66. The zero-order valence-corrected chi connectivity index (χ0v) is 14.2. The molecule has 1 heterocycles. The van der Waals surface area contributed by atoms with Crippen LogP contribution in [0.5, 0.6) is 11.5 Å². The maximum Gasteiger partial charge on any atom is 0.171 e. The van der Waals surface area contributed by atoms with E-state index in [-0.39, 0.29) is 6.61 Å². The molecular formula is C18H24N4O2. The van der Waals surface area contributed by atoms with Crippen LogP contribution in [-0.2, 0) is 19.4 Å². The van der Waals surface area contributed by atoms with Gasteiger partial charge in [-0.05, 0) is 49.9 Å². The van der Waals surface area contributed by atoms with Crippen molar-refractivity contribution in [3.05, 3.63) is 40.7 Å². The molecule has 0 aliphatic heterocycles. The lowest BCUT2D eigenvalue weighted by molar-refractivity contribution is 0.287. The number of aliphatic hydroxyl groups is 1. The van der Waals surface area contributed by atoms with E-state index in [2.05, 4.69) is 11.2 Å². The van der Waals surface area contributed by atoms with Crippen LogP contribution in [-0.4, -0.2) is 28.0 Å². The van der Waals surface area contributed by atoms with Gasteiger partial charge in [0.25, 0.3) is 0 Å². The molecule has 128 valence electrons. The van der Waals surface area contributed by atoms with E-state index in [9.17, 15) is 0 Å². The topological polar surface area (TPSA) is 97.1 Å². The number of nitriles is 1. The molecule has 0 aliphatic carbocycles. The zero-order valence-electron chi connectivity index (χ0n) is 14.2. The number of aliphatic hydroxyl groups excluding tert-OH is 1. The van der Waals surface area contributed by atoms with Gasteiger partial charge >= 0.3 is 0 Å². The van der Waals surface area contributed by atoms with E-state index in [1.807, 2.05) is 30.7 Å². The largest absolute Gasteiger partial charge is 0.453 e. The molecule has 0 atom stereocenters. The molecule has 0 aliphatic rings. The van der Waals surface area contributed by atoms with Gasteiger partial charge in [-0.1, -0.05) is 6.92 Å². The first-order chi connectivity index (χ1) is 11.6. The number of nitrogens with two attached hydrogens (primary N) is 1. The minimum Gasteiger partial charge on any atom is -0.453 e. The predicted molar refractivity (Wildman–Crippen MR) is 92.0 cm³/mol. The van der Waals surface area contributed by atoms with Gasteiger partial charge < -0.3 is 15.6 Å². The summed E-state index contributed by atoms with van der Waals surface area (Å²) in [6.07, 6.45) is 2.02. The molecule has 0 bridgehead atoms. The average Bonchev–Trinajstić information content (AvgIpc) is 2.89. The molecular weight excluding hydrogens is 304 g/mol. The highest BCUT2D eigenvalue weighted by molar-refractivity contribution is 5.44. The molecule has 0 radical (unpaired) electrons. The van der Waals surface area contributed by atoms with Gasteiger partial charge in [0.1, 0.15) is 11.4 Å². The van der Waals surface area contributed by atoms with Gasteiger partial charge in [0, 0.05) is 13.2 Å². The Kier molecular flexibility index (Phi) is 6.36. The number of rotatable bonds is 8. The molecule has 1 aromatic heterocycles. The molecule has 6 nitrogen and oxygen atoms in total. The third-order valence-corrected chi connectivity index (χ3v) is 3.72. The van der Waals surface area contributed by atoms with Crippen LogP contribution in [0.15, 0.2) is 18.2 Å². The van der Waals surface area contributed by atoms with Gasteiger partial charge in [-0.2, -0.15) is 10.4 Å². The first kappa shape index (κ1) is 18.0. The highest BCUT2D eigenvalue weighted by Crippen LogP contribution is 2.31.